The first-order valence-electron chi connectivity index (χ1n) is 18.1. The van der Waals surface area contributed by atoms with Crippen LogP contribution in [0.2, 0.25) is 0 Å². The Labute approximate surface area is 315 Å². The van der Waals surface area contributed by atoms with Crippen LogP contribution < -0.4 is 0 Å². The standard InChI is InChI=1S/C49H30N4S/c1-3-13-31(14-4-1)32-23-25-34(26-24-32)48-50-47(33-15-5-2-6-16-33)51-49(52-48)39-27-28-42(45-38-20-10-12-22-44(38)54-46(39)45)53-41-21-11-9-19-37(41)40-29-35-17-7-8-18-36(35)30-43(40)53/h1-30H. The first-order valence-corrected chi connectivity index (χ1v) is 18.9. The van der Waals surface area contributed by atoms with Crippen LogP contribution in [-0.2, 0) is 0 Å². The van der Waals surface area contributed by atoms with E-state index in [1.165, 1.54) is 53.6 Å². The lowest BCUT2D eigenvalue weighted by atomic mass is 10.0. The van der Waals surface area contributed by atoms with Crippen molar-refractivity contribution in [3.05, 3.63) is 182 Å². The van der Waals surface area contributed by atoms with Gasteiger partial charge in [-0.3, -0.25) is 0 Å². The van der Waals surface area contributed by atoms with Crippen LogP contribution in [0.5, 0.6) is 0 Å². The van der Waals surface area contributed by atoms with Crippen molar-refractivity contribution in [2.24, 2.45) is 0 Å². The van der Waals surface area contributed by atoms with Gasteiger partial charge in [-0.05, 0) is 58.3 Å². The van der Waals surface area contributed by atoms with Crippen molar-refractivity contribution in [2.75, 3.05) is 0 Å². The largest absolute Gasteiger partial charge is 0.309 e. The quantitative estimate of drug-likeness (QED) is 0.179. The Bertz CT molecular complexity index is 3200. The number of nitrogens with zero attached hydrogens (tertiary/aromatic N) is 4. The Hall–Kier alpha value is -6.95. The second-order valence-corrected chi connectivity index (χ2v) is 14.7. The third-order valence-electron chi connectivity index (χ3n) is 10.4. The van der Waals surface area contributed by atoms with E-state index in [4.69, 9.17) is 15.0 Å². The molecule has 8 aromatic carbocycles. The van der Waals surface area contributed by atoms with E-state index in [2.05, 4.69) is 162 Å². The lowest BCUT2D eigenvalue weighted by molar-refractivity contribution is 1.08. The monoisotopic (exact) mass is 706 g/mol. The number of benzene rings is 8. The van der Waals surface area contributed by atoms with Crippen molar-refractivity contribution in [1.29, 1.82) is 0 Å². The summed E-state index contributed by atoms with van der Waals surface area (Å²) in [6, 6.07) is 64.4. The molecule has 0 saturated carbocycles. The average Bonchev–Trinajstić information content (AvgIpc) is 3.79. The van der Waals surface area contributed by atoms with Gasteiger partial charge in [0.25, 0.3) is 0 Å². The molecule has 4 nitrogen and oxygen atoms in total. The summed E-state index contributed by atoms with van der Waals surface area (Å²) in [5, 5.41) is 7.36. The van der Waals surface area contributed by atoms with E-state index < -0.39 is 0 Å². The summed E-state index contributed by atoms with van der Waals surface area (Å²) in [5.74, 6) is 1.95. The summed E-state index contributed by atoms with van der Waals surface area (Å²) in [4.78, 5) is 15.5. The molecule has 11 rings (SSSR count). The zero-order valence-corrected chi connectivity index (χ0v) is 29.8. The summed E-state index contributed by atoms with van der Waals surface area (Å²) in [7, 11) is 0. The minimum atomic E-state index is 0.645. The lowest BCUT2D eigenvalue weighted by Crippen LogP contribution is -2.01. The molecule has 0 aliphatic heterocycles. The van der Waals surface area contributed by atoms with Gasteiger partial charge >= 0.3 is 0 Å². The minimum Gasteiger partial charge on any atom is -0.309 e. The molecule has 3 aromatic heterocycles. The van der Waals surface area contributed by atoms with Crippen LogP contribution in [0.25, 0.3) is 104 Å². The molecule has 0 spiro atoms. The highest BCUT2D eigenvalue weighted by molar-refractivity contribution is 7.26. The molecule has 0 fully saturated rings. The molecule has 0 saturated heterocycles. The van der Waals surface area contributed by atoms with Crippen molar-refractivity contribution in [1.82, 2.24) is 19.5 Å². The summed E-state index contributed by atoms with van der Waals surface area (Å²) in [6.07, 6.45) is 0. The van der Waals surface area contributed by atoms with E-state index in [1.54, 1.807) is 11.3 Å². The first kappa shape index (κ1) is 30.7. The van der Waals surface area contributed by atoms with Crippen LogP contribution in [0.4, 0.5) is 0 Å². The van der Waals surface area contributed by atoms with Crippen molar-refractivity contribution < 1.29 is 0 Å². The highest BCUT2D eigenvalue weighted by atomic mass is 32.1. The number of hydrogen-bond acceptors (Lipinski definition) is 4. The zero-order chi connectivity index (χ0) is 35.6. The van der Waals surface area contributed by atoms with E-state index in [9.17, 15) is 0 Å². The van der Waals surface area contributed by atoms with Crippen LogP contribution in [0.15, 0.2) is 182 Å². The topological polar surface area (TPSA) is 43.6 Å². The van der Waals surface area contributed by atoms with Crippen LogP contribution in [0.3, 0.4) is 0 Å². The Morgan fingerprint density at radius 2 is 0.944 bits per heavy atom. The fourth-order valence-electron chi connectivity index (χ4n) is 7.87. The Balaban J connectivity index is 1.17. The molecule has 252 valence electrons. The van der Waals surface area contributed by atoms with Crippen molar-refractivity contribution in [3.8, 4) is 51.0 Å². The number of para-hydroxylation sites is 1. The molecular weight excluding hydrogens is 677 g/mol. The van der Waals surface area contributed by atoms with Crippen LogP contribution >= 0.6 is 11.3 Å². The SMILES string of the molecule is c1ccc(-c2ccc(-c3nc(-c4ccccc4)nc(-c4ccc(-n5c6ccccc6c6cc7ccccc7cc65)c5c4sc4ccccc45)n3)cc2)cc1. The van der Waals surface area contributed by atoms with Crippen LogP contribution in [0, 0.1) is 0 Å². The summed E-state index contributed by atoms with van der Waals surface area (Å²) >= 11 is 1.80. The van der Waals surface area contributed by atoms with Gasteiger partial charge in [0.05, 0.1) is 16.7 Å². The zero-order valence-electron chi connectivity index (χ0n) is 29.0. The van der Waals surface area contributed by atoms with E-state index in [0.29, 0.717) is 17.5 Å². The van der Waals surface area contributed by atoms with Crippen molar-refractivity contribution in [2.45, 2.75) is 0 Å². The van der Waals surface area contributed by atoms with Gasteiger partial charge < -0.3 is 4.57 Å². The molecule has 0 radical (unpaired) electrons. The normalized spacial score (nSPS) is 11.7. The number of rotatable bonds is 5. The van der Waals surface area contributed by atoms with E-state index in [-0.39, 0.29) is 0 Å². The molecular formula is C49H30N4S. The summed E-state index contributed by atoms with van der Waals surface area (Å²) < 4.78 is 4.82. The lowest BCUT2D eigenvalue weighted by Gasteiger charge is -2.14. The second-order valence-electron chi connectivity index (χ2n) is 13.6. The maximum absolute atomic E-state index is 5.23. The van der Waals surface area contributed by atoms with Gasteiger partial charge in [0.2, 0.25) is 0 Å². The number of fused-ring (bicyclic) bond motifs is 7. The molecule has 0 aliphatic rings. The van der Waals surface area contributed by atoms with Crippen molar-refractivity contribution in [3.63, 3.8) is 0 Å². The fourth-order valence-corrected chi connectivity index (χ4v) is 9.10. The molecule has 0 unspecified atom stereocenters. The third-order valence-corrected chi connectivity index (χ3v) is 11.6. The second kappa shape index (κ2) is 12.3. The van der Waals surface area contributed by atoms with Crippen LogP contribution in [0.1, 0.15) is 0 Å². The molecule has 5 heteroatoms. The number of hydrogen-bond donors (Lipinski definition) is 0. The van der Waals surface area contributed by atoms with E-state index in [0.717, 1.165) is 32.6 Å². The smallest absolute Gasteiger partial charge is 0.165 e. The van der Waals surface area contributed by atoms with E-state index in [1.807, 2.05) is 24.3 Å². The average molecular weight is 707 g/mol. The third kappa shape index (κ3) is 4.94. The highest BCUT2D eigenvalue weighted by Crippen LogP contribution is 2.45. The fraction of sp³-hybridized carbons (Fsp3) is 0. The Kier molecular flexibility index (Phi) is 7.00. The molecule has 0 amide bonds. The minimum absolute atomic E-state index is 0.645. The summed E-state index contributed by atoms with van der Waals surface area (Å²) in [6.45, 7) is 0. The first-order chi connectivity index (χ1) is 26.8. The van der Waals surface area contributed by atoms with Gasteiger partial charge in [-0.25, -0.2) is 15.0 Å². The van der Waals surface area contributed by atoms with Gasteiger partial charge in [-0.15, -0.1) is 11.3 Å². The Morgan fingerprint density at radius 3 is 1.70 bits per heavy atom. The van der Waals surface area contributed by atoms with Crippen molar-refractivity contribution >= 4 is 64.1 Å². The van der Waals surface area contributed by atoms with Gasteiger partial charge in [0.1, 0.15) is 0 Å². The van der Waals surface area contributed by atoms with Gasteiger partial charge in [0.15, 0.2) is 17.5 Å². The Morgan fingerprint density at radius 1 is 0.389 bits per heavy atom. The molecule has 3 heterocycles. The molecule has 54 heavy (non-hydrogen) atoms. The number of aromatic nitrogens is 4. The predicted molar refractivity (Wildman–Crippen MR) is 226 cm³/mol. The highest BCUT2D eigenvalue weighted by Gasteiger charge is 2.22. The van der Waals surface area contributed by atoms with Gasteiger partial charge in [-0.1, -0.05) is 146 Å². The van der Waals surface area contributed by atoms with Gasteiger partial charge in [0, 0.05) is 47.6 Å². The van der Waals surface area contributed by atoms with Crippen LogP contribution in [-0.4, -0.2) is 19.5 Å². The molecule has 0 bridgehead atoms. The maximum atomic E-state index is 5.23. The summed E-state index contributed by atoms with van der Waals surface area (Å²) in [5.41, 5.74) is 8.71. The maximum Gasteiger partial charge on any atom is 0.165 e. The molecule has 11 aromatic rings. The molecule has 0 N–H and O–H groups in total. The van der Waals surface area contributed by atoms with E-state index >= 15 is 0 Å². The molecule has 0 aliphatic carbocycles. The predicted octanol–water partition coefficient (Wildman–Crippen LogP) is 13.2. The number of thiophene rings is 1. The van der Waals surface area contributed by atoms with Gasteiger partial charge in [-0.2, -0.15) is 0 Å². The molecule has 0 atom stereocenters.